The standard InChI is InChI=1S/C14H20N2O3/c1-9(2)13-12(14(17)18)10(3)8-11(15-13)16-4-6-19-7-5-16/h8-9H,4-7H2,1-3H3,(H,17,18). The van der Waals surface area contributed by atoms with Gasteiger partial charge in [0.15, 0.2) is 0 Å². The molecule has 1 aliphatic heterocycles. The summed E-state index contributed by atoms with van der Waals surface area (Å²) in [7, 11) is 0. The van der Waals surface area contributed by atoms with Crippen molar-refractivity contribution < 1.29 is 14.6 Å². The molecule has 0 spiro atoms. The molecule has 0 aromatic carbocycles. The van der Waals surface area contributed by atoms with Gasteiger partial charge < -0.3 is 14.7 Å². The van der Waals surface area contributed by atoms with Gasteiger partial charge in [-0.15, -0.1) is 0 Å². The van der Waals surface area contributed by atoms with Crippen LogP contribution in [0.3, 0.4) is 0 Å². The van der Waals surface area contributed by atoms with Gasteiger partial charge in [-0.1, -0.05) is 13.8 Å². The number of morpholine rings is 1. The zero-order valence-corrected chi connectivity index (χ0v) is 11.6. The van der Waals surface area contributed by atoms with Crippen molar-refractivity contribution >= 4 is 11.8 Å². The number of pyridine rings is 1. The lowest BCUT2D eigenvalue weighted by Crippen LogP contribution is -2.37. The Kier molecular flexibility index (Phi) is 4.04. The van der Waals surface area contributed by atoms with Crippen LogP contribution in [0.25, 0.3) is 0 Å². The third-order valence-electron chi connectivity index (χ3n) is 3.33. The Balaban J connectivity index is 2.44. The molecule has 1 aromatic heterocycles. The molecule has 1 N–H and O–H groups in total. The molecule has 2 rings (SSSR count). The lowest BCUT2D eigenvalue weighted by Gasteiger charge is -2.29. The summed E-state index contributed by atoms with van der Waals surface area (Å²) >= 11 is 0. The topological polar surface area (TPSA) is 62.7 Å². The molecule has 0 atom stereocenters. The first kappa shape index (κ1) is 13.8. The SMILES string of the molecule is Cc1cc(N2CCOCC2)nc(C(C)C)c1C(=O)O. The van der Waals surface area contributed by atoms with Crippen molar-refractivity contribution in [3.8, 4) is 0 Å². The monoisotopic (exact) mass is 264 g/mol. The van der Waals surface area contributed by atoms with Crippen molar-refractivity contribution in [2.45, 2.75) is 26.7 Å². The molecule has 104 valence electrons. The molecular formula is C14H20N2O3. The first-order chi connectivity index (χ1) is 9.00. The summed E-state index contributed by atoms with van der Waals surface area (Å²) in [6.07, 6.45) is 0. The van der Waals surface area contributed by atoms with Crippen molar-refractivity contribution in [2.24, 2.45) is 0 Å². The predicted molar refractivity (Wildman–Crippen MR) is 73.1 cm³/mol. The Morgan fingerprint density at radius 1 is 1.42 bits per heavy atom. The summed E-state index contributed by atoms with van der Waals surface area (Å²) in [6, 6.07) is 1.86. The van der Waals surface area contributed by atoms with Crippen LogP contribution in [0.15, 0.2) is 6.07 Å². The number of carboxylic acid groups (broad SMARTS) is 1. The van der Waals surface area contributed by atoms with E-state index in [9.17, 15) is 9.90 Å². The van der Waals surface area contributed by atoms with E-state index >= 15 is 0 Å². The summed E-state index contributed by atoms with van der Waals surface area (Å²) in [4.78, 5) is 18.1. The zero-order chi connectivity index (χ0) is 14.0. The van der Waals surface area contributed by atoms with E-state index in [1.165, 1.54) is 0 Å². The average Bonchev–Trinajstić information content (AvgIpc) is 2.38. The Hall–Kier alpha value is -1.62. The largest absolute Gasteiger partial charge is 0.478 e. The van der Waals surface area contributed by atoms with E-state index in [-0.39, 0.29) is 5.92 Å². The number of carboxylic acids is 1. The number of aromatic nitrogens is 1. The van der Waals surface area contributed by atoms with Crippen molar-refractivity contribution in [3.05, 3.63) is 22.9 Å². The Bertz CT molecular complexity index is 480. The highest BCUT2D eigenvalue weighted by atomic mass is 16.5. The molecule has 1 aliphatic rings. The molecule has 1 aromatic rings. The summed E-state index contributed by atoms with van der Waals surface area (Å²) in [5.41, 5.74) is 1.77. The van der Waals surface area contributed by atoms with Crippen LogP contribution in [0.4, 0.5) is 5.82 Å². The molecule has 1 fully saturated rings. The third-order valence-corrected chi connectivity index (χ3v) is 3.33. The van der Waals surface area contributed by atoms with E-state index in [4.69, 9.17) is 4.74 Å². The van der Waals surface area contributed by atoms with E-state index in [0.717, 1.165) is 24.5 Å². The highest BCUT2D eigenvalue weighted by Crippen LogP contribution is 2.25. The van der Waals surface area contributed by atoms with E-state index < -0.39 is 5.97 Å². The van der Waals surface area contributed by atoms with Crippen LogP contribution < -0.4 is 4.90 Å². The second-order valence-electron chi connectivity index (χ2n) is 5.12. The van der Waals surface area contributed by atoms with Crippen molar-refractivity contribution in [1.82, 2.24) is 4.98 Å². The first-order valence-corrected chi connectivity index (χ1v) is 6.58. The highest BCUT2D eigenvalue weighted by molar-refractivity contribution is 5.91. The number of hydrogen-bond acceptors (Lipinski definition) is 4. The minimum Gasteiger partial charge on any atom is -0.478 e. The van der Waals surface area contributed by atoms with E-state index in [2.05, 4.69) is 9.88 Å². The Morgan fingerprint density at radius 2 is 2.05 bits per heavy atom. The number of nitrogens with zero attached hydrogens (tertiary/aromatic N) is 2. The van der Waals surface area contributed by atoms with Crippen LogP contribution in [0, 0.1) is 6.92 Å². The quantitative estimate of drug-likeness (QED) is 0.905. The number of rotatable bonds is 3. The molecule has 0 radical (unpaired) electrons. The maximum absolute atomic E-state index is 11.4. The Morgan fingerprint density at radius 3 is 2.58 bits per heavy atom. The van der Waals surface area contributed by atoms with Gasteiger partial charge in [-0.3, -0.25) is 0 Å². The van der Waals surface area contributed by atoms with E-state index in [1.54, 1.807) is 0 Å². The number of carbonyl (C=O) groups is 1. The van der Waals surface area contributed by atoms with Crippen LogP contribution in [0.1, 0.15) is 41.4 Å². The minimum absolute atomic E-state index is 0.0887. The second-order valence-corrected chi connectivity index (χ2v) is 5.12. The van der Waals surface area contributed by atoms with Gasteiger partial charge in [0.1, 0.15) is 5.82 Å². The number of anilines is 1. The van der Waals surface area contributed by atoms with Crippen LogP contribution in [0.2, 0.25) is 0 Å². The molecule has 1 saturated heterocycles. The third kappa shape index (κ3) is 2.87. The van der Waals surface area contributed by atoms with Crippen molar-refractivity contribution in [3.63, 3.8) is 0 Å². The second kappa shape index (κ2) is 5.57. The highest BCUT2D eigenvalue weighted by Gasteiger charge is 2.21. The maximum Gasteiger partial charge on any atom is 0.337 e. The van der Waals surface area contributed by atoms with Crippen molar-refractivity contribution in [2.75, 3.05) is 31.2 Å². The zero-order valence-electron chi connectivity index (χ0n) is 11.6. The molecular weight excluding hydrogens is 244 g/mol. The predicted octanol–water partition coefficient (Wildman–Crippen LogP) is 2.05. The maximum atomic E-state index is 11.4. The van der Waals surface area contributed by atoms with Gasteiger partial charge in [0, 0.05) is 13.1 Å². The van der Waals surface area contributed by atoms with Gasteiger partial charge >= 0.3 is 5.97 Å². The van der Waals surface area contributed by atoms with Crippen molar-refractivity contribution in [1.29, 1.82) is 0 Å². The normalized spacial score (nSPS) is 15.9. The van der Waals surface area contributed by atoms with Crippen LogP contribution in [-0.4, -0.2) is 42.4 Å². The van der Waals surface area contributed by atoms with Gasteiger partial charge in [-0.2, -0.15) is 0 Å². The van der Waals surface area contributed by atoms with Gasteiger partial charge in [0.05, 0.1) is 24.5 Å². The molecule has 0 amide bonds. The summed E-state index contributed by atoms with van der Waals surface area (Å²) in [5.74, 6) is 0.0440. The summed E-state index contributed by atoms with van der Waals surface area (Å²) < 4.78 is 5.33. The molecule has 0 unspecified atom stereocenters. The molecule has 19 heavy (non-hydrogen) atoms. The fourth-order valence-electron chi connectivity index (χ4n) is 2.33. The van der Waals surface area contributed by atoms with Crippen LogP contribution in [0.5, 0.6) is 0 Å². The van der Waals surface area contributed by atoms with E-state index in [1.807, 2.05) is 26.8 Å². The number of aromatic carboxylic acids is 1. The molecule has 0 saturated carbocycles. The lowest BCUT2D eigenvalue weighted by molar-refractivity contribution is 0.0693. The fourth-order valence-corrected chi connectivity index (χ4v) is 2.33. The fraction of sp³-hybridized carbons (Fsp3) is 0.571. The molecule has 5 nitrogen and oxygen atoms in total. The number of hydrogen-bond donors (Lipinski definition) is 1. The summed E-state index contributed by atoms with van der Waals surface area (Å²) in [5, 5.41) is 9.32. The molecule has 0 aliphatic carbocycles. The molecule has 2 heterocycles. The molecule has 0 bridgehead atoms. The van der Waals surface area contributed by atoms with Gasteiger partial charge in [0.2, 0.25) is 0 Å². The number of ether oxygens (including phenoxy) is 1. The minimum atomic E-state index is -0.901. The Labute approximate surface area is 113 Å². The van der Waals surface area contributed by atoms with Crippen LogP contribution in [-0.2, 0) is 4.74 Å². The summed E-state index contributed by atoms with van der Waals surface area (Å²) in [6.45, 7) is 8.76. The van der Waals surface area contributed by atoms with E-state index in [0.29, 0.717) is 24.5 Å². The average molecular weight is 264 g/mol. The van der Waals surface area contributed by atoms with Gasteiger partial charge in [-0.05, 0) is 24.5 Å². The smallest absolute Gasteiger partial charge is 0.337 e. The number of aryl methyl sites for hydroxylation is 1. The van der Waals surface area contributed by atoms with Gasteiger partial charge in [-0.25, -0.2) is 9.78 Å². The molecule has 5 heteroatoms. The van der Waals surface area contributed by atoms with Crippen LogP contribution >= 0.6 is 0 Å². The lowest BCUT2D eigenvalue weighted by atomic mass is 9.99. The first-order valence-electron chi connectivity index (χ1n) is 6.58. The van der Waals surface area contributed by atoms with Gasteiger partial charge in [0.25, 0.3) is 0 Å².